The number of hydrogen-bond acceptors (Lipinski definition) is 6. The third kappa shape index (κ3) is 5.46. The topological polar surface area (TPSA) is 99.9 Å². The maximum absolute atomic E-state index is 12.1. The fraction of sp³-hybridized carbons (Fsp3) is 0.0952. The number of nitrogens with zero attached hydrogens (tertiary/aromatic N) is 1. The number of anilines is 1. The van der Waals surface area contributed by atoms with Crippen molar-refractivity contribution >= 4 is 17.5 Å². The van der Waals surface area contributed by atoms with E-state index >= 15 is 0 Å². The summed E-state index contributed by atoms with van der Waals surface area (Å²) in [7, 11) is 1.53. The molecule has 0 fully saturated rings. The van der Waals surface area contributed by atoms with Crippen LogP contribution in [0.4, 0.5) is 16.2 Å². The van der Waals surface area contributed by atoms with Crippen molar-refractivity contribution in [3.05, 3.63) is 88.5 Å². The molecule has 0 spiro atoms. The maximum Gasteiger partial charge on any atom is 0.417 e. The molecule has 0 saturated heterocycles. The second-order valence-corrected chi connectivity index (χ2v) is 5.91. The van der Waals surface area contributed by atoms with E-state index in [1.54, 1.807) is 18.2 Å². The number of rotatable bonds is 7. The molecule has 0 aromatic heterocycles. The van der Waals surface area contributed by atoms with Crippen molar-refractivity contribution in [1.29, 1.82) is 0 Å². The zero-order valence-corrected chi connectivity index (χ0v) is 15.5. The van der Waals surface area contributed by atoms with Crippen LogP contribution in [0.15, 0.2) is 72.8 Å². The third-order valence-corrected chi connectivity index (χ3v) is 3.91. The van der Waals surface area contributed by atoms with Crippen molar-refractivity contribution in [2.75, 3.05) is 12.4 Å². The summed E-state index contributed by atoms with van der Waals surface area (Å²) < 4.78 is 16.2. The summed E-state index contributed by atoms with van der Waals surface area (Å²) in [6.45, 7) is 0.341. The van der Waals surface area contributed by atoms with Crippen LogP contribution in [0.3, 0.4) is 0 Å². The molecular formula is C21H18N2O6. The van der Waals surface area contributed by atoms with Gasteiger partial charge in [-0.3, -0.25) is 15.4 Å². The highest BCUT2D eigenvalue weighted by molar-refractivity contribution is 5.86. The summed E-state index contributed by atoms with van der Waals surface area (Å²) in [6, 6.07) is 19.8. The first-order chi connectivity index (χ1) is 14.0. The molecule has 0 atom stereocenters. The molecule has 8 heteroatoms. The Kier molecular flexibility index (Phi) is 6.26. The van der Waals surface area contributed by atoms with Gasteiger partial charge in [0.2, 0.25) is 0 Å². The molecule has 0 aliphatic heterocycles. The number of hydrogen-bond donors (Lipinski definition) is 1. The van der Waals surface area contributed by atoms with Crippen LogP contribution in [0.5, 0.6) is 17.2 Å². The van der Waals surface area contributed by atoms with Crippen molar-refractivity contribution in [1.82, 2.24) is 0 Å². The highest BCUT2D eigenvalue weighted by atomic mass is 16.6. The van der Waals surface area contributed by atoms with Crippen molar-refractivity contribution in [2.45, 2.75) is 6.61 Å². The van der Waals surface area contributed by atoms with Gasteiger partial charge in [-0.2, -0.15) is 0 Å². The van der Waals surface area contributed by atoms with E-state index in [1.807, 2.05) is 30.3 Å². The first kappa shape index (κ1) is 19.7. The molecule has 1 amide bonds. The molecule has 0 bridgehead atoms. The van der Waals surface area contributed by atoms with Gasteiger partial charge in [-0.05, 0) is 29.8 Å². The van der Waals surface area contributed by atoms with Gasteiger partial charge < -0.3 is 14.2 Å². The smallest absolute Gasteiger partial charge is 0.417 e. The molecule has 8 nitrogen and oxygen atoms in total. The lowest BCUT2D eigenvalue weighted by Gasteiger charge is -2.13. The Hall–Kier alpha value is -4.07. The molecule has 0 saturated carbocycles. The van der Waals surface area contributed by atoms with E-state index in [9.17, 15) is 14.9 Å². The van der Waals surface area contributed by atoms with E-state index in [0.29, 0.717) is 23.8 Å². The first-order valence-electron chi connectivity index (χ1n) is 8.63. The number of carbonyl (C=O) groups is 1. The number of nitro benzene ring substituents is 1. The van der Waals surface area contributed by atoms with Gasteiger partial charge in [-0.25, -0.2) is 4.79 Å². The minimum atomic E-state index is -0.738. The maximum atomic E-state index is 12.1. The van der Waals surface area contributed by atoms with Crippen LogP contribution in [-0.4, -0.2) is 18.1 Å². The molecule has 0 radical (unpaired) electrons. The Bertz CT molecular complexity index is 990. The molecule has 0 aliphatic carbocycles. The number of benzene rings is 3. The second kappa shape index (κ2) is 9.23. The molecule has 148 valence electrons. The van der Waals surface area contributed by atoms with Gasteiger partial charge in [-0.15, -0.1) is 0 Å². The second-order valence-electron chi connectivity index (χ2n) is 5.91. The average molecular weight is 394 g/mol. The highest BCUT2D eigenvalue weighted by Crippen LogP contribution is 2.31. The van der Waals surface area contributed by atoms with Crippen LogP contribution in [0.2, 0.25) is 0 Å². The Balaban J connectivity index is 1.65. The zero-order valence-electron chi connectivity index (χ0n) is 15.5. The highest BCUT2D eigenvalue weighted by Gasteiger charge is 2.11. The molecule has 29 heavy (non-hydrogen) atoms. The summed E-state index contributed by atoms with van der Waals surface area (Å²) in [5, 5.41) is 13.3. The molecule has 0 heterocycles. The van der Waals surface area contributed by atoms with Gasteiger partial charge in [0.25, 0.3) is 5.69 Å². The van der Waals surface area contributed by atoms with Crippen molar-refractivity contribution in [3.63, 3.8) is 0 Å². The number of amides is 1. The van der Waals surface area contributed by atoms with Crippen molar-refractivity contribution in [3.8, 4) is 17.2 Å². The van der Waals surface area contributed by atoms with Crippen LogP contribution >= 0.6 is 0 Å². The average Bonchev–Trinajstić information content (AvgIpc) is 2.73. The summed E-state index contributed by atoms with van der Waals surface area (Å²) in [5.41, 5.74) is 1.35. The third-order valence-electron chi connectivity index (χ3n) is 3.91. The van der Waals surface area contributed by atoms with Crippen molar-refractivity contribution in [2.24, 2.45) is 0 Å². The van der Waals surface area contributed by atoms with Gasteiger partial charge in [0.1, 0.15) is 12.4 Å². The van der Waals surface area contributed by atoms with Crippen LogP contribution < -0.4 is 19.5 Å². The van der Waals surface area contributed by atoms with Gasteiger partial charge in [0, 0.05) is 23.9 Å². The first-order valence-corrected chi connectivity index (χ1v) is 8.63. The number of methoxy groups -OCH3 is 1. The molecule has 3 aromatic carbocycles. The van der Waals surface area contributed by atoms with Crippen LogP contribution in [0.1, 0.15) is 5.56 Å². The molecule has 1 N–H and O–H groups in total. The number of nitrogens with one attached hydrogen (secondary N) is 1. The SMILES string of the molecule is COc1ccc(NC(=O)Oc2ccc([N+](=O)[O-])cc2)cc1OCc1ccccc1. The molecule has 0 aliphatic rings. The quantitative estimate of drug-likeness (QED) is 0.457. The largest absolute Gasteiger partial charge is 0.493 e. The molecular weight excluding hydrogens is 376 g/mol. The molecule has 3 aromatic rings. The fourth-order valence-corrected chi connectivity index (χ4v) is 2.49. The zero-order chi connectivity index (χ0) is 20.6. The van der Waals surface area contributed by atoms with Crippen LogP contribution in [-0.2, 0) is 6.61 Å². The van der Waals surface area contributed by atoms with E-state index in [1.165, 1.54) is 31.4 Å². The fourth-order valence-electron chi connectivity index (χ4n) is 2.49. The van der Waals surface area contributed by atoms with E-state index < -0.39 is 11.0 Å². The Morgan fingerprint density at radius 1 is 1.00 bits per heavy atom. The van der Waals surface area contributed by atoms with E-state index in [0.717, 1.165) is 5.56 Å². The van der Waals surface area contributed by atoms with E-state index in [2.05, 4.69) is 5.32 Å². The minimum absolute atomic E-state index is 0.0897. The summed E-state index contributed by atoms with van der Waals surface area (Å²) in [5.74, 6) is 1.17. The number of nitro groups is 1. The monoisotopic (exact) mass is 394 g/mol. The van der Waals surface area contributed by atoms with Gasteiger partial charge in [0.15, 0.2) is 11.5 Å². The Morgan fingerprint density at radius 3 is 2.38 bits per heavy atom. The summed E-state index contributed by atoms with van der Waals surface area (Å²) >= 11 is 0. The molecule has 0 unspecified atom stereocenters. The predicted molar refractivity (Wildman–Crippen MR) is 107 cm³/mol. The number of non-ortho nitro benzene ring substituents is 1. The van der Waals surface area contributed by atoms with Crippen molar-refractivity contribution < 1.29 is 23.9 Å². The number of ether oxygens (including phenoxy) is 3. The standard InChI is InChI=1S/C21H18N2O6/c1-27-19-12-7-16(13-20(19)28-14-15-5-3-2-4-6-15)22-21(24)29-18-10-8-17(9-11-18)23(25)26/h2-13H,14H2,1H3,(H,22,24). The lowest BCUT2D eigenvalue weighted by Crippen LogP contribution is -2.16. The van der Waals surface area contributed by atoms with Crippen LogP contribution in [0, 0.1) is 10.1 Å². The molecule has 3 rings (SSSR count). The van der Waals surface area contributed by atoms with Crippen LogP contribution in [0.25, 0.3) is 0 Å². The van der Waals surface area contributed by atoms with E-state index in [-0.39, 0.29) is 11.4 Å². The minimum Gasteiger partial charge on any atom is -0.493 e. The Labute approximate surface area is 166 Å². The lowest BCUT2D eigenvalue weighted by atomic mass is 10.2. The lowest BCUT2D eigenvalue weighted by molar-refractivity contribution is -0.384. The van der Waals surface area contributed by atoms with Gasteiger partial charge >= 0.3 is 6.09 Å². The normalized spacial score (nSPS) is 10.1. The predicted octanol–water partition coefficient (Wildman–Crippen LogP) is 4.79. The van der Waals surface area contributed by atoms with Gasteiger partial charge in [0.05, 0.1) is 12.0 Å². The Morgan fingerprint density at radius 2 is 1.72 bits per heavy atom. The summed E-state index contributed by atoms with van der Waals surface area (Å²) in [4.78, 5) is 22.2. The summed E-state index contributed by atoms with van der Waals surface area (Å²) in [6.07, 6.45) is -0.738. The number of carbonyl (C=O) groups excluding carboxylic acids is 1. The van der Waals surface area contributed by atoms with E-state index in [4.69, 9.17) is 14.2 Å². The van der Waals surface area contributed by atoms with Gasteiger partial charge in [-0.1, -0.05) is 30.3 Å².